The molecular formula is C26H29N3O4. The first-order valence-electron chi connectivity index (χ1n) is 11.5. The summed E-state index contributed by atoms with van der Waals surface area (Å²) in [6, 6.07) is 17.1. The summed E-state index contributed by atoms with van der Waals surface area (Å²) < 4.78 is 11.7. The van der Waals surface area contributed by atoms with Crippen molar-refractivity contribution in [3.05, 3.63) is 60.0 Å². The molecule has 3 aromatic rings. The summed E-state index contributed by atoms with van der Waals surface area (Å²) >= 11 is 0. The molecule has 2 bridgehead atoms. The van der Waals surface area contributed by atoms with Gasteiger partial charge < -0.3 is 19.6 Å². The Balaban J connectivity index is 1.25. The van der Waals surface area contributed by atoms with E-state index in [-0.39, 0.29) is 11.8 Å². The highest BCUT2D eigenvalue weighted by atomic mass is 16.5. The second kappa shape index (κ2) is 8.30. The molecular weight excluding hydrogens is 418 g/mol. The van der Waals surface area contributed by atoms with Gasteiger partial charge >= 0.3 is 12.0 Å². The summed E-state index contributed by atoms with van der Waals surface area (Å²) in [7, 11) is 0. The van der Waals surface area contributed by atoms with Gasteiger partial charge in [-0.1, -0.05) is 55.3 Å². The van der Waals surface area contributed by atoms with E-state index in [1.165, 1.54) is 5.56 Å². The van der Waals surface area contributed by atoms with Crippen LogP contribution in [0.25, 0.3) is 11.1 Å². The average Bonchev–Trinajstić information content (AvgIpc) is 3.48. The first-order chi connectivity index (χ1) is 15.8. The van der Waals surface area contributed by atoms with Gasteiger partial charge in [0.1, 0.15) is 0 Å². The number of rotatable bonds is 8. The van der Waals surface area contributed by atoms with Crippen LogP contribution in [0, 0.1) is 5.92 Å². The normalized spacial score (nSPS) is 23.8. The Morgan fingerprint density at radius 1 is 1.06 bits per heavy atom. The van der Waals surface area contributed by atoms with E-state index in [0.717, 1.165) is 42.5 Å². The SMILES string of the molecule is CC(C)Cc1nnc(Nc2ccc(-c3ccc(C45CCC(CC(=O)O)(C4)OC5)cc3)cc2)o1. The molecule has 2 N–H and O–H groups in total. The van der Waals surface area contributed by atoms with E-state index in [1.807, 2.05) is 12.1 Å². The zero-order chi connectivity index (χ0) is 23.1. The second-order valence-electron chi connectivity index (χ2n) is 9.88. The Morgan fingerprint density at radius 3 is 2.36 bits per heavy atom. The number of benzene rings is 2. The van der Waals surface area contributed by atoms with Gasteiger partial charge in [0.05, 0.1) is 18.6 Å². The monoisotopic (exact) mass is 447 g/mol. The van der Waals surface area contributed by atoms with Crippen LogP contribution in [-0.2, 0) is 21.4 Å². The van der Waals surface area contributed by atoms with E-state index in [1.54, 1.807) is 0 Å². The van der Waals surface area contributed by atoms with Crippen molar-refractivity contribution in [3.8, 4) is 11.1 Å². The quantitative estimate of drug-likeness (QED) is 0.481. The number of nitrogens with one attached hydrogen (secondary N) is 1. The van der Waals surface area contributed by atoms with Crippen molar-refractivity contribution >= 4 is 17.7 Å². The lowest BCUT2D eigenvalue weighted by atomic mass is 9.79. The first kappa shape index (κ1) is 21.6. The van der Waals surface area contributed by atoms with Crippen LogP contribution < -0.4 is 5.32 Å². The maximum atomic E-state index is 11.2. The highest BCUT2D eigenvalue weighted by molar-refractivity contribution is 5.69. The van der Waals surface area contributed by atoms with Crippen molar-refractivity contribution in [1.29, 1.82) is 0 Å². The molecule has 7 heteroatoms. The number of aliphatic carboxylic acids is 1. The van der Waals surface area contributed by atoms with Crippen LogP contribution in [-0.4, -0.2) is 33.5 Å². The molecule has 0 amide bonds. The highest BCUT2D eigenvalue weighted by Gasteiger charge is 2.57. The third kappa shape index (κ3) is 4.37. The van der Waals surface area contributed by atoms with Gasteiger partial charge in [-0.3, -0.25) is 4.79 Å². The lowest BCUT2D eigenvalue weighted by Crippen LogP contribution is -2.30. The zero-order valence-corrected chi connectivity index (χ0v) is 19.0. The Kier molecular flexibility index (Phi) is 5.44. The molecule has 1 aliphatic heterocycles. The molecule has 2 unspecified atom stereocenters. The number of aromatic nitrogens is 2. The Bertz CT molecular complexity index is 1130. The van der Waals surface area contributed by atoms with Gasteiger partial charge in [0.2, 0.25) is 5.89 Å². The number of hydrogen-bond acceptors (Lipinski definition) is 6. The first-order valence-corrected chi connectivity index (χ1v) is 11.5. The van der Waals surface area contributed by atoms with Gasteiger partial charge in [0.15, 0.2) is 0 Å². The van der Waals surface area contributed by atoms with Crippen molar-refractivity contribution in [2.24, 2.45) is 5.92 Å². The molecule has 1 aliphatic carbocycles. The second-order valence-corrected chi connectivity index (χ2v) is 9.88. The molecule has 0 radical (unpaired) electrons. The van der Waals surface area contributed by atoms with Crippen LogP contribution >= 0.6 is 0 Å². The van der Waals surface area contributed by atoms with Gasteiger partial charge in [-0.15, -0.1) is 5.10 Å². The zero-order valence-electron chi connectivity index (χ0n) is 19.0. The topological polar surface area (TPSA) is 97.5 Å². The predicted octanol–water partition coefficient (Wildman–Crippen LogP) is 5.34. The lowest BCUT2D eigenvalue weighted by Gasteiger charge is -2.28. The highest BCUT2D eigenvalue weighted by Crippen LogP contribution is 2.55. The van der Waals surface area contributed by atoms with Crippen LogP contribution in [0.1, 0.15) is 51.0 Å². The Hall–Kier alpha value is -3.19. The van der Waals surface area contributed by atoms with E-state index in [4.69, 9.17) is 9.15 Å². The van der Waals surface area contributed by atoms with Gasteiger partial charge in [-0.2, -0.15) is 0 Å². The van der Waals surface area contributed by atoms with Crippen molar-refractivity contribution in [2.75, 3.05) is 11.9 Å². The predicted molar refractivity (Wildman–Crippen MR) is 124 cm³/mol. The van der Waals surface area contributed by atoms with Crippen molar-refractivity contribution in [2.45, 2.75) is 57.0 Å². The Morgan fingerprint density at radius 2 is 1.76 bits per heavy atom. The van der Waals surface area contributed by atoms with Gasteiger partial charge in [-0.05, 0) is 54.0 Å². The minimum absolute atomic E-state index is 0.0553. The summed E-state index contributed by atoms with van der Waals surface area (Å²) in [5, 5.41) is 20.5. The average molecular weight is 448 g/mol. The van der Waals surface area contributed by atoms with Gasteiger partial charge in [0, 0.05) is 17.5 Å². The molecule has 2 aliphatic rings. The maximum absolute atomic E-state index is 11.2. The largest absolute Gasteiger partial charge is 0.481 e. The van der Waals surface area contributed by atoms with Gasteiger partial charge in [0.25, 0.3) is 0 Å². The molecule has 172 valence electrons. The fourth-order valence-corrected chi connectivity index (χ4v) is 5.23. The van der Waals surface area contributed by atoms with E-state index in [0.29, 0.717) is 24.4 Å². The molecule has 1 aromatic heterocycles. The molecule has 2 heterocycles. The van der Waals surface area contributed by atoms with Crippen LogP contribution in [0.5, 0.6) is 0 Å². The third-order valence-electron chi connectivity index (χ3n) is 6.86. The minimum atomic E-state index is -0.781. The molecule has 0 spiro atoms. The van der Waals surface area contributed by atoms with E-state index >= 15 is 0 Å². The molecule has 2 fully saturated rings. The molecule has 1 saturated carbocycles. The number of hydrogen-bond donors (Lipinski definition) is 2. The Labute approximate surface area is 193 Å². The summed E-state index contributed by atoms with van der Waals surface area (Å²) in [4.78, 5) is 11.2. The lowest BCUT2D eigenvalue weighted by molar-refractivity contribution is -0.143. The fraction of sp³-hybridized carbons (Fsp3) is 0.423. The van der Waals surface area contributed by atoms with E-state index in [9.17, 15) is 9.90 Å². The molecule has 1 saturated heterocycles. The van der Waals surface area contributed by atoms with E-state index < -0.39 is 11.6 Å². The summed E-state index contributed by atoms with van der Waals surface area (Å²) in [6.07, 6.45) is 3.44. The number of carboxylic acid groups (broad SMARTS) is 1. The molecule has 2 atom stereocenters. The third-order valence-corrected chi connectivity index (χ3v) is 6.86. The molecule has 5 rings (SSSR count). The van der Waals surface area contributed by atoms with Crippen molar-refractivity contribution < 1.29 is 19.1 Å². The van der Waals surface area contributed by atoms with Crippen molar-refractivity contribution in [3.63, 3.8) is 0 Å². The molecule has 7 nitrogen and oxygen atoms in total. The summed E-state index contributed by atoms with van der Waals surface area (Å²) in [6.45, 7) is 4.84. The smallest absolute Gasteiger partial charge is 0.320 e. The summed E-state index contributed by atoms with van der Waals surface area (Å²) in [5.41, 5.74) is 3.83. The fourth-order valence-electron chi connectivity index (χ4n) is 5.23. The van der Waals surface area contributed by atoms with Crippen LogP contribution in [0.4, 0.5) is 11.7 Å². The number of carboxylic acids is 1. The number of carbonyl (C=O) groups is 1. The molecule has 2 aromatic carbocycles. The standard InChI is InChI=1S/C26H29N3O4/c1-17(2)13-22-28-29-24(33-22)27-21-9-5-19(6-10-21)18-3-7-20(8-4-18)25-11-12-26(15-25,32-16-25)14-23(30)31/h3-10,17H,11-16H2,1-2H3,(H,27,29)(H,30,31). The summed E-state index contributed by atoms with van der Waals surface area (Å²) in [5.74, 6) is 0.320. The van der Waals surface area contributed by atoms with Crippen LogP contribution in [0.3, 0.4) is 0 Å². The number of nitrogens with zero attached hydrogens (tertiary/aromatic N) is 2. The number of ether oxygens (including phenoxy) is 1. The number of anilines is 2. The minimum Gasteiger partial charge on any atom is -0.481 e. The van der Waals surface area contributed by atoms with Crippen LogP contribution in [0.15, 0.2) is 52.9 Å². The van der Waals surface area contributed by atoms with Crippen LogP contribution in [0.2, 0.25) is 0 Å². The number of fused-ring (bicyclic) bond motifs is 2. The van der Waals surface area contributed by atoms with Crippen molar-refractivity contribution in [1.82, 2.24) is 10.2 Å². The van der Waals surface area contributed by atoms with E-state index in [2.05, 4.69) is 65.8 Å². The van der Waals surface area contributed by atoms with Gasteiger partial charge in [-0.25, -0.2) is 0 Å². The maximum Gasteiger partial charge on any atom is 0.320 e. The molecule has 33 heavy (non-hydrogen) atoms.